The number of hydrogen-bond acceptors (Lipinski definition) is 3. The molecule has 0 bridgehead atoms. The van der Waals surface area contributed by atoms with Crippen molar-refractivity contribution >= 4 is 0 Å². The maximum atomic E-state index is 3.34. The first-order valence-corrected chi connectivity index (χ1v) is 5.98. The fraction of sp³-hybridized carbons (Fsp3) is 1.00. The lowest BCUT2D eigenvalue weighted by atomic mass is 10.3. The molecule has 0 amide bonds. The zero-order chi connectivity index (χ0) is 10.6. The highest BCUT2D eigenvalue weighted by Gasteiger charge is 2.07. The van der Waals surface area contributed by atoms with Crippen LogP contribution in [0.2, 0.25) is 0 Å². The Morgan fingerprint density at radius 3 is 2.21 bits per heavy atom. The van der Waals surface area contributed by atoms with E-state index in [-0.39, 0.29) is 0 Å². The van der Waals surface area contributed by atoms with Crippen LogP contribution in [0, 0.1) is 0 Å². The topological polar surface area (TPSA) is 27.3 Å². The van der Waals surface area contributed by atoms with Gasteiger partial charge in [0.05, 0.1) is 0 Å². The third-order valence-electron chi connectivity index (χ3n) is 2.06. The summed E-state index contributed by atoms with van der Waals surface area (Å²) in [5, 5.41) is 6.68. The van der Waals surface area contributed by atoms with Crippen molar-refractivity contribution in [2.24, 2.45) is 0 Å². The lowest BCUT2D eigenvalue weighted by Crippen LogP contribution is -2.45. The van der Waals surface area contributed by atoms with Gasteiger partial charge < -0.3 is 10.6 Å². The summed E-state index contributed by atoms with van der Waals surface area (Å²) in [6, 6.07) is 0. The van der Waals surface area contributed by atoms with E-state index in [0.29, 0.717) is 0 Å². The first-order chi connectivity index (χ1) is 6.85. The summed E-state index contributed by atoms with van der Waals surface area (Å²) < 4.78 is 0. The Labute approximate surface area is 89.2 Å². The Hall–Kier alpha value is -0.120. The van der Waals surface area contributed by atoms with Gasteiger partial charge in [0.1, 0.15) is 0 Å². The number of hydrogen-bond donors (Lipinski definition) is 2. The summed E-state index contributed by atoms with van der Waals surface area (Å²) >= 11 is 0. The maximum absolute atomic E-state index is 3.34. The van der Waals surface area contributed by atoms with Crippen LogP contribution >= 0.6 is 0 Å². The highest BCUT2D eigenvalue weighted by atomic mass is 15.2. The largest absolute Gasteiger partial charge is 0.316 e. The molecule has 1 aliphatic heterocycles. The van der Waals surface area contributed by atoms with Crippen molar-refractivity contribution in [2.75, 3.05) is 45.8 Å². The highest BCUT2D eigenvalue weighted by Crippen LogP contribution is 1.89. The molecule has 1 rings (SSSR count). The Morgan fingerprint density at radius 1 is 1.14 bits per heavy atom. The van der Waals surface area contributed by atoms with Gasteiger partial charge in [-0.3, -0.25) is 4.90 Å². The number of rotatable bonds is 4. The van der Waals surface area contributed by atoms with Crippen LogP contribution in [0.5, 0.6) is 0 Å². The SMILES string of the molecule is CCC.CCNCCN1CCNCC1. The van der Waals surface area contributed by atoms with E-state index in [1.807, 2.05) is 0 Å². The molecule has 0 saturated carbocycles. The third-order valence-corrected chi connectivity index (χ3v) is 2.06. The molecule has 2 N–H and O–H groups in total. The molecule has 0 aromatic carbocycles. The lowest BCUT2D eigenvalue weighted by Gasteiger charge is -2.26. The monoisotopic (exact) mass is 201 g/mol. The van der Waals surface area contributed by atoms with Crippen molar-refractivity contribution < 1.29 is 0 Å². The van der Waals surface area contributed by atoms with Gasteiger partial charge in [-0.2, -0.15) is 0 Å². The molecular weight excluding hydrogens is 174 g/mol. The Balaban J connectivity index is 0.000000500. The van der Waals surface area contributed by atoms with Gasteiger partial charge in [-0.15, -0.1) is 0 Å². The summed E-state index contributed by atoms with van der Waals surface area (Å²) in [5.41, 5.74) is 0. The second kappa shape index (κ2) is 11.0. The van der Waals surface area contributed by atoms with Crippen molar-refractivity contribution in [3.63, 3.8) is 0 Å². The zero-order valence-corrected chi connectivity index (χ0v) is 10.1. The maximum Gasteiger partial charge on any atom is 0.0108 e. The van der Waals surface area contributed by atoms with Crippen LogP contribution in [0.25, 0.3) is 0 Å². The van der Waals surface area contributed by atoms with E-state index in [9.17, 15) is 0 Å². The minimum absolute atomic E-state index is 1.09. The first kappa shape index (κ1) is 13.9. The summed E-state index contributed by atoms with van der Waals surface area (Å²) in [6.45, 7) is 14.6. The van der Waals surface area contributed by atoms with Gasteiger partial charge in [-0.05, 0) is 6.54 Å². The molecule has 1 heterocycles. The summed E-state index contributed by atoms with van der Waals surface area (Å²) in [4.78, 5) is 2.50. The van der Waals surface area contributed by atoms with Gasteiger partial charge in [0, 0.05) is 39.3 Å². The van der Waals surface area contributed by atoms with Crippen LogP contribution in [0.15, 0.2) is 0 Å². The van der Waals surface area contributed by atoms with Gasteiger partial charge in [-0.25, -0.2) is 0 Å². The van der Waals surface area contributed by atoms with E-state index >= 15 is 0 Å². The third kappa shape index (κ3) is 8.48. The van der Waals surface area contributed by atoms with Gasteiger partial charge in [0.15, 0.2) is 0 Å². The fourth-order valence-corrected chi connectivity index (χ4v) is 1.35. The number of piperazine rings is 1. The average Bonchev–Trinajstić information content (AvgIpc) is 2.21. The van der Waals surface area contributed by atoms with Crippen molar-refractivity contribution in [3.05, 3.63) is 0 Å². The minimum atomic E-state index is 1.09. The van der Waals surface area contributed by atoms with Gasteiger partial charge in [0.2, 0.25) is 0 Å². The smallest absolute Gasteiger partial charge is 0.0108 e. The number of nitrogens with one attached hydrogen (secondary N) is 2. The van der Waals surface area contributed by atoms with Crippen molar-refractivity contribution in [3.8, 4) is 0 Å². The normalized spacial score (nSPS) is 17.4. The molecule has 1 fully saturated rings. The predicted molar refractivity (Wildman–Crippen MR) is 63.8 cm³/mol. The second-order valence-electron chi connectivity index (χ2n) is 3.65. The van der Waals surface area contributed by atoms with Gasteiger partial charge >= 0.3 is 0 Å². The van der Waals surface area contributed by atoms with Gasteiger partial charge in [0.25, 0.3) is 0 Å². The van der Waals surface area contributed by atoms with Crippen LogP contribution in [-0.4, -0.2) is 50.7 Å². The van der Waals surface area contributed by atoms with E-state index in [2.05, 4.69) is 36.3 Å². The molecule has 0 radical (unpaired) electrons. The summed E-state index contributed by atoms with van der Waals surface area (Å²) in [6.07, 6.45) is 1.25. The molecule has 0 unspecified atom stereocenters. The Morgan fingerprint density at radius 2 is 1.71 bits per heavy atom. The van der Waals surface area contributed by atoms with E-state index in [4.69, 9.17) is 0 Å². The molecule has 0 aromatic heterocycles. The van der Waals surface area contributed by atoms with Crippen LogP contribution in [0.3, 0.4) is 0 Å². The standard InChI is InChI=1S/C8H19N3.C3H8/c1-2-9-3-6-11-7-4-10-5-8-11;1-3-2/h9-10H,2-8H2,1H3;3H2,1-2H3. The molecule has 3 nitrogen and oxygen atoms in total. The Bertz CT molecular complexity index is 101. The fourth-order valence-electron chi connectivity index (χ4n) is 1.35. The van der Waals surface area contributed by atoms with E-state index in [1.54, 1.807) is 0 Å². The summed E-state index contributed by atoms with van der Waals surface area (Å²) in [5.74, 6) is 0. The molecule has 86 valence electrons. The van der Waals surface area contributed by atoms with Crippen molar-refractivity contribution in [1.29, 1.82) is 0 Å². The van der Waals surface area contributed by atoms with Crippen LogP contribution < -0.4 is 10.6 Å². The van der Waals surface area contributed by atoms with E-state index in [0.717, 1.165) is 26.2 Å². The molecule has 1 aliphatic rings. The first-order valence-electron chi connectivity index (χ1n) is 5.98. The number of likely N-dealkylation sites (N-methyl/N-ethyl adjacent to an activating group) is 1. The second-order valence-corrected chi connectivity index (χ2v) is 3.65. The van der Waals surface area contributed by atoms with Crippen LogP contribution in [-0.2, 0) is 0 Å². The lowest BCUT2D eigenvalue weighted by molar-refractivity contribution is 0.242. The molecule has 3 heteroatoms. The molecule has 0 spiro atoms. The average molecular weight is 201 g/mol. The highest BCUT2D eigenvalue weighted by molar-refractivity contribution is 4.67. The van der Waals surface area contributed by atoms with Crippen LogP contribution in [0.4, 0.5) is 0 Å². The molecule has 1 saturated heterocycles. The zero-order valence-electron chi connectivity index (χ0n) is 10.1. The molecule has 0 atom stereocenters. The Kier molecular flexibility index (Phi) is 10.9. The van der Waals surface area contributed by atoms with Crippen LogP contribution in [0.1, 0.15) is 27.2 Å². The molecule has 14 heavy (non-hydrogen) atoms. The van der Waals surface area contributed by atoms with Crippen molar-refractivity contribution in [2.45, 2.75) is 27.2 Å². The summed E-state index contributed by atoms with van der Waals surface area (Å²) in [7, 11) is 0. The molecular formula is C11H27N3. The quantitative estimate of drug-likeness (QED) is 0.662. The predicted octanol–water partition coefficient (Wildman–Crippen LogP) is 0.917. The van der Waals surface area contributed by atoms with Crippen molar-refractivity contribution in [1.82, 2.24) is 15.5 Å². The molecule has 0 aromatic rings. The molecule has 0 aliphatic carbocycles. The van der Waals surface area contributed by atoms with E-state index < -0.39 is 0 Å². The number of nitrogens with zero attached hydrogens (tertiary/aromatic N) is 1. The van der Waals surface area contributed by atoms with Gasteiger partial charge in [-0.1, -0.05) is 27.2 Å². The minimum Gasteiger partial charge on any atom is -0.316 e. The van der Waals surface area contributed by atoms with E-state index in [1.165, 1.54) is 26.1 Å².